The van der Waals surface area contributed by atoms with Crippen LogP contribution in [0, 0.1) is 5.41 Å². The standard InChI is InChI=1S/C27H32N2O7/c1-5-7-12-35-24(32)22-23(28)36-19-14-26(3,4)13-18(30)21(19)27(22)16-10-8-9-11-17(16)29(25(27)33)15-20(31)34-6-2/h8-11H,5-7,12-15,28H2,1-4H3/t27-/m0/s1. The molecule has 1 spiro atoms. The molecule has 192 valence electrons. The molecule has 2 heterocycles. The van der Waals surface area contributed by atoms with E-state index in [1.807, 2.05) is 20.8 Å². The van der Waals surface area contributed by atoms with Crippen molar-refractivity contribution in [1.82, 2.24) is 0 Å². The number of Topliss-reactive ketones (excluding diaryl/α,β-unsaturated/α-hetero) is 1. The van der Waals surface area contributed by atoms with Gasteiger partial charge in [0.05, 0.1) is 18.8 Å². The number of ether oxygens (including phenoxy) is 3. The van der Waals surface area contributed by atoms with Gasteiger partial charge in [-0.05, 0) is 24.8 Å². The van der Waals surface area contributed by atoms with Gasteiger partial charge in [0, 0.05) is 24.1 Å². The van der Waals surface area contributed by atoms with Gasteiger partial charge in [-0.1, -0.05) is 45.4 Å². The van der Waals surface area contributed by atoms with Crippen molar-refractivity contribution in [2.75, 3.05) is 24.7 Å². The molecule has 1 aromatic carbocycles. The van der Waals surface area contributed by atoms with E-state index in [0.717, 1.165) is 6.42 Å². The number of allylic oxidation sites excluding steroid dienone is 1. The first-order valence-electron chi connectivity index (χ1n) is 12.3. The van der Waals surface area contributed by atoms with Crippen LogP contribution in [0.4, 0.5) is 5.69 Å². The summed E-state index contributed by atoms with van der Waals surface area (Å²) in [5.41, 5.74) is 4.67. The lowest BCUT2D eigenvalue weighted by atomic mass is 9.62. The Kier molecular flexibility index (Phi) is 6.68. The van der Waals surface area contributed by atoms with Crippen molar-refractivity contribution in [2.45, 2.75) is 58.8 Å². The van der Waals surface area contributed by atoms with Crippen molar-refractivity contribution in [3.05, 3.63) is 52.6 Å². The number of nitrogens with zero attached hydrogens (tertiary/aromatic N) is 1. The highest BCUT2D eigenvalue weighted by Gasteiger charge is 2.64. The maximum atomic E-state index is 14.4. The first-order chi connectivity index (χ1) is 17.1. The molecule has 2 aliphatic heterocycles. The molecule has 0 saturated carbocycles. The number of esters is 2. The molecule has 0 saturated heterocycles. The number of amides is 1. The Balaban J connectivity index is 1.97. The molecule has 4 rings (SSSR count). The topological polar surface area (TPSA) is 125 Å². The minimum absolute atomic E-state index is 0.0854. The van der Waals surface area contributed by atoms with Crippen LogP contribution in [0.2, 0.25) is 0 Å². The van der Waals surface area contributed by atoms with Crippen molar-refractivity contribution in [2.24, 2.45) is 11.1 Å². The van der Waals surface area contributed by atoms with E-state index >= 15 is 0 Å². The molecule has 0 aromatic heterocycles. The lowest BCUT2D eigenvalue weighted by Gasteiger charge is -2.42. The molecule has 9 heteroatoms. The van der Waals surface area contributed by atoms with Gasteiger partial charge in [-0.2, -0.15) is 0 Å². The first kappa shape index (κ1) is 25.5. The average Bonchev–Trinajstić information content (AvgIpc) is 3.01. The van der Waals surface area contributed by atoms with Crippen LogP contribution in [0.1, 0.15) is 58.9 Å². The third-order valence-corrected chi connectivity index (χ3v) is 6.76. The van der Waals surface area contributed by atoms with Gasteiger partial charge >= 0.3 is 11.9 Å². The van der Waals surface area contributed by atoms with Gasteiger partial charge in [0.2, 0.25) is 11.8 Å². The molecule has 0 radical (unpaired) electrons. The predicted molar refractivity (Wildman–Crippen MR) is 130 cm³/mol. The highest BCUT2D eigenvalue weighted by atomic mass is 16.5. The molecule has 1 aromatic rings. The maximum absolute atomic E-state index is 14.4. The molecule has 0 fully saturated rings. The van der Waals surface area contributed by atoms with Crippen LogP contribution >= 0.6 is 0 Å². The van der Waals surface area contributed by atoms with Crippen LogP contribution in [0.25, 0.3) is 0 Å². The molecule has 36 heavy (non-hydrogen) atoms. The summed E-state index contributed by atoms with van der Waals surface area (Å²) in [6.07, 6.45) is 1.92. The fourth-order valence-electron chi connectivity index (χ4n) is 5.33. The maximum Gasteiger partial charge on any atom is 0.341 e. The number of hydrogen-bond acceptors (Lipinski definition) is 8. The lowest BCUT2D eigenvalue weighted by molar-refractivity contribution is -0.142. The largest absolute Gasteiger partial charge is 0.465 e. The Labute approximate surface area is 210 Å². The van der Waals surface area contributed by atoms with Crippen molar-refractivity contribution < 1.29 is 33.4 Å². The van der Waals surface area contributed by atoms with Gasteiger partial charge in [0.15, 0.2) is 5.78 Å². The fourth-order valence-corrected chi connectivity index (χ4v) is 5.33. The van der Waals surface area contributed by atoms with E-state index in [2.05, 4.69) is 0 Å². The number of rotatable bonds is 7. The number of nitrogens with two attached hydrogens (primary N) is 1. The summed E-state index contributed by atoms with van der Waals surface area (Å²) in [7, 11) is 0. The van der Waals surface area contributed by atoms with E-state index in [-0.39, 0.29) is 54.8 Å². The van der Waals surface area contributed by atoms with Crippen molar-refractivity contribution in [3.63, 3.8) is 0 Å². The Hall–Kier alpha value is -3.62. The van der Waals surface area contributed by atoms with Gasteiger partial charge in [-0.15, -0.1) is 0 Å². The minimum atomic E-state index is -1.88. The first-order valence-corrected chi connectivity index (χ1v) is 12.3. The molecule has 0 bridgehead atoms. The molecular formula is C27H32N2O7. The summed E-state index contributed by atoms with van der Waals surface area (Å²) in [4.78, 5) is 55.3. The van der Waals surface area contributed by atoms with Gasteiger partial charge < -0.3 is 19.9 Å². The minimum Gasteiger partial charge on any atom is -0.465 e. The summed E-state index contributed by atoms with van der Waals surface area (Å²) >= 11 is 0. The number of fused-ring (bicyclic) bond motifs is 3. The summed E-state index contributed by atoms with van der Waals surface area (Å²) in [6, 6.07) is 6.78. The lowest BCUT2D eigenvalue weighted by Crippen LogP contribution is -2.53. The zero-order valence-electron chi connectivity index (χ0n) is 21.1. The Morgan fingerprint density at radius 2 is 1.83 bits per heavy atom. The second-order valence-corrected chi connectivity index (χ2v) is 10.0. The number of para-hydroxylation sites is 1. The summed E-state index contributed by atoms with van der Waals surface area (Å²) < 4.78 is 16.5. The van der Waals surface area contributed by atoms with Crippen molar-refractivity contribution in [3.8, 4) is 0 Å². The molecule has 9 nitrogen and oxygen atoms in total. The molecule has 1 aliphatic carbocycles. The summed E-state index contributed by atoms with van der Waals surface area (Å²) in [5, 5.41) is 0. The van der Waals surface area contributed by atoms with Gasteiger partial charge in [0.25, 0.3) is 0 Å². The number of benzene rings is 1. The SMILES string of the molecule is CCCCOC(=O)C1=C(N)OC2=C(C(=O)CC(C)(C)C2)[C@]12C(=O)N(CC(=O)OCC)c1ccccc12. The van der Waals surface area contributed by atoms with Crippen LogP contribution in [-0.4, -0.2) is 43.4 Å². The van der Waals surface area contributed by atoms with Gasteiger partial charge in [-0.3, -0.25) is 19.3 Å². The number of anilines is 1. The molecular weight excluding hydrogens is 464 g/mol. The Morgan fingerprint density at radius 1 is 1.11 bits per heavy atom. The molecule has 3 aliphatic rings. The average molecular weight is 497 g/mol. The molecule has 0 unspecified atom stereocenters. The van der Waals surface area contributed by atoms with Gasteiger partial charge in [-0.25, -0.2) is 4.79 Å². The van der Waals surface area contributed by atoms with Crippen molar-refractivity contribution in [1.29, 1.82) is 0 Å². The summed E-state index contributed by atoms with van der Waals surface area (Å²) in [6.45, 7) is 7.37. The normalized spacial score (nSPS) is 22.4. The molecule has 1 amide bonds. The van der Waals surface area contributed by atoms with Crippen molar-refractivity contribution >= 4 is 29.3 Å². The van der Waals surface area contributed by atoms with Crippen LogP contribution in [0.15, 0.2) is 47.1 Å². The highest BCUT2D eigenvalue weighted by Crippen LogP contribution is 2.57. The molecule has 1 atom stereocenters. The van der Waals surface area contributed by atoms with E-state index in [1.165, 1.54) is 4.90 Å². The van der Waals surface area contributed by atoms with E-state index in [0.29, 0.717) is 24.1 Å². The van der Waals surface area contributed by atoms with E-state index in [4.69, 9.17) is 19.9 Å². The predicted octanol–water partition coefficient (Wildman–Crippen LogP) is 3.02. The van der Waals surface area contributed by atoms with E-state index in [1.54, 1.807) is 31.2 Å². The third-order valence-electron chi connectivity index (χ3n) is 6.76. The zero-order chi connectivity index (χ0) is 26.3. The second-order valence-electron chi connectivity index (χ2n) is 10.0. The zero-order valence-corrected chi connectivity index (χ0v) is 21.1. The summed E-state index contributed by atoms with van der Waals surface area (Å²) in [5.74, 6) is -2.40. The van der Waals surface area contributed by atoms with Gasteiger partial charge in [0.1, 0.15) is 23.3 Å². The fraction of sp³-hybridized carbons (Fsp3) is 0.481. The van der Waals surface area contributed by atoms with E-state index < -0.39 is 28.7 Å². The monoisotopic (exact) mass is 496 g/mol. The van der Waals surface area contributed by atoms with Crippen LogP contribution in [0.5, 0.6) is 0 Å². The van der Waals surface area contributed by atoms with E-state index in [9.17, 15) is 19.2 Å². The number of carbonyl (C=O) groups excluding carboxylic acids is 4. The second kappa shape index (κ2) is 9.44. The Morgan fingerprint density at radius 3 is 2.53 bits per heavy atom. The third kappa shape index (κ3) is 3.96. The highest BCUT2D eigenvalue weighted by molar-refractivity contribution is 6.24. The number of unbranched alkanes of at least 4 members (excludes halogenated alkanes) is 1. The van der Waals surface area contributed by atoms with Crippen LogP contribution < -0.4 is 10.6 Å². The number of carbonyl (C=O) groups is 4. The quantitative estimate of drug-likeness (QED) is 0.451. The smallest absolute Gasteiger partial charge is 0.341 e. The van der Waals surface area contributed by atoms with Crippen LogP contribution in [-0.2, 0) is 38.8 Å². The number of ketones is 1. The molecule has 2 N–H and O–H groups in total. The number of hydrogen-bond donors (Lipinski definition) is 1. The Bertz CT molecular complexity index is 1200. The van der Waals surface area contributed by atoms with Crippen LogP contribution in [0.3, 0.4) is 0 Å².